The standard InChI is InChI=1S/C14H9FO2/c15-14-7-12(5-6-13(14)9-17)11-3-1-10(8-16)2-4-11/h1-9H. The van der Waals surface area contributed by atoms with E-state index in [2.05, 4.69) is 0 Å². The van der Waals surface area contributed by atoms with Crippen molar-refractivity contribution >= 4 is 12.6 Å². The summed E-state index contributed by atoms with van der Waals surface area (Å²) in [7, 11) is 0. The van der Waals surface area contributed by atoms with E-state index in [1.807, 2.05) is 0 Å². The van der Waals surface area contributed by atoms with E-state index in [9.17, 15) is 14.0 Å². The first-order valence-electron chi connectivity index (χ1n) is 5.05. The maximum Gasteiger partial charge on any atom is 0.152 e. The minimum Gasteiger partial charge on any atom is -0.298 e. The Labute approximate surface area is 97.7 Å². The Morgan fingerprint density at radius 1 is 0.824 bits per heavy atom. The highest BCUT2D eigenvalue weighted by atomic mass is 19.1. The van der Waals surface area contributed by atoms with Crippen molar-refractivity contribution < 1.29 is 14.0 Å². The molecule has 2 aromatic rings. The van der Waals surface area contributed by atoms with Gasteiger partial charge < -0.3 is 0 Å². The molecule has 2 nitrogen and oxygen atoms in total. The number of aldehydes is 2. The average molecular weight is 228 g/mol. The van der Waals surface area contributed by atoms with Crippen molar-refractivity contribution in [2.24, 2.45) is 0 Å². The Bertz CT molecular complexity index is 559. The van der Waals surface area contributed by atoms with Crippen molar-refractivity contribution in [2.75, 3.05) is 0 Å². The Morgan fingerprint density at radius 3 is 2.00 bits per heavy atom. The van der Waals surface area contributed by atoms with Crippen LogP contribution in [0.15, 0.2) is 42.5 Å². The highest BCUT2D eigenvalue weighted by Crippen LogP contribution is 2.21. The van der Waals surface area contributed by atoms with E-state index in [1.165, 1.54) is 12.1 Å². The summed E-state index contributed by atoms with van der Waals surface area (Å²) in [6.45, 7) is 0. The number of rotatable bonds is 3. The second-order valence-corrected chi connectivity index (χ2v) is 3.59. The van der Waals surface area contributed by atoms with E-state index in [0.29, 0.717) is 17.4 Å². The molecular formula is C14H9FO2. The molecular weight excluding hydrogens is 219 g/mol. The van der Waals surface area contributed by atoms with Gasteiger partial charge in [-0.3, -0.25) is 9.59 Å². The molecule has 0 atom stereocenters. The quantitative estimate of drug-likeness (QED) is 0.756. The number of carbonyl (C=O) groups is 2. The fourth-order valence-corrected chi connectivity index (χ4v) is 1.56. The summed E-state index contributed by atoms with van der Waals surface area (Å²) in [4.78, 5) is 21.0. The normalized spacial score (nSPS) is 9.94. The summed E-state index contributed by atoms with van der Waals surface area (Å²) in [6.07, 6.45) is 1.23. The number of halogens is 1. The van der Waals surface area contributed by atoms with Crippen molar-refractivity contribution in [3.63, 3.8) is 0 Å². The molecule has 0 unspecified atom stereocenters. The third-order valence-electron chi connectivity index (χ3n) is 2.51. The molecule has 0 bridgehead atoms. The highest BCUT2D eigenvalue weighted by Gasteiger charge is 2.04. The van der Waals surface area contributed by atoms with Gasteiger partial charge in [0.1, 0.15) is 12.1 Å². The molecule has 84 valence electrons. The molecule has 0 saturated heterocycles. The lowest BCUT2D eigenvalue weighted by Gasteiger charge is -2.03. The zero-order chi connectivity index (χ0) is 12.3. The van der Waals surface area contributed by atoms with Crippen LogP contribution >= 0.6 is 0 Å². The maximum atomic E-state index is 13.4. The van der Waals surface area contributed by atoms with Crippen LogP contribution in [-0.4, -0.2) is 12.6 Å². The van der Waals surface area contributed by atoms with Crippen LogP contribution in [-0.2, 0) is 0 Å². The molecule has 0 spiro atoms. The van der Waals surface area contributed by atoms with Crippen LogP contribution in [0.1, 0.15) is 20.7 Å². The molecule has 0 N–H and O–H groups in total. The number of hydrogen-bond donors (Lipinski definition) is 0. The van der Waals surface area contributed by atoms with Gasteiger partial charge in [0.25, 0.3) is 0 Å². The number of hydrogen-bond acceptors (Lipinski definition) is 2. The molecule has 2 rings (SSSR count). The molecule has 0 aliphatic rings. The predicted octanol–water partition coefficient (Wildman–Crippen LogP) is 3.12. The van der Waals surface area contributed by atoms with E-state index in [-0.39, 0.29) is 5.56 Å². The Hall–Kier alpha value is -2.29. The summed E-state index contributed by atoms with van der Waals surface area (Å²) in [5.41, 5.74) is 2.08. The van der Waals surface area contributed by atoms with Gasteiger partial charge in [0, 0.05) is 5.56 Å². The van der Waals surface area contributed by atoms with Crippen LogP contribution in [0.2, 0.25) is 0 Å². The molecule has 0 heterocycles. The SMILES string of the molecule is O=Cc1ccc(-c2ccc(C=O)c(F)c2)cc1. The van der Waals surface area contributed by atoms with Crippen LogP contribution < -0.4 is 0 Å². The van der Waals surface area contributed by atoms with E-state index >= 15 is 0 Å². The topological polar surface area (TPSA) is 34.1 Å². The zero-order valence-corrected chi connectivity index (χ0v) is 8.89. The summed E-state index contributed by atoms with van der Waals surface area (Å²) >= 11 is 0. The lowest BCUT2D eigenvalue weighted by atomic mass is 10.0. The summed E-state index contributed by atoms with van der Waals surface area (Å²) in [5.74, 6) is -0.544. The second kappa shape index (κ2) is 4.70. The molecule has 0 fully saturated rings. The maximum absolute atomic E-state index is 13.4. The minimum atomic E-state index is -0.544. The van der Waals surface area contributed by atoms with Crippen molar-refractivity contribution in [1.82, 2.24) is 0 Å². The molecule has 0 radical (unpaired) electrons. The van der Waals surface area contributed by atoms with Gasteiger partial charge in [0.05, 0.1) is 5.56 Å². The van der Waals surface area contributed by atoms with Crippen LogP contribution in [0.5, 0.6) is 0 Å². The molecule has 0 saturated carbocycles. The van der Waals surface area contributed by atoms with Gasteiger partial charge in [-0.15, -0.1) is 0 Å². The summed E-state index contributed by atoms with van der Waals surface area (Å²) < 4.78 is 13.4. The van der Waals surface area contributed by atoms with Gasteiger partial charge >= 0.3 is 0 Å². The number of carbonyl (C=O) groups excluding carboxylic acids is 2. The van der Waals surface area contributed by atoms with Gasteiger partial charge in [-0.2, -0.15) is 0 Å². The van der Waals surface area contributed by atoms with Crippen molar-refractivity contribution in [2.45, 2.75) is 0 Å². The van der Waals surface area contributed by atoms with E-state index < -0.39 is 5.82 Å². The van der Waals surface area contributed by atoms with E-state index in [4.69, 9.17) is 0 Å². The summed E-state index contributed by atoms with van der Waals surface area (Å²) in [6, 6.07) is 11.2. The minimum absolute atomic E-state index is 0.0401. The molecule has 0 aliphatic heterocycles. The van der Waals surface area contributed by atoms with Gasteiger partial charge in [-0.25, -0.2) is 4.39 Å². The van der Waals surface area contributed by atoms with E-state index in [0.717, 1.165) is 11.8 Å². The molecule has 0 aliphatic carbocycles. The monoisotopic (exact) mass is 228 g/mol. The molecule has 0 amide bonds. The number of benzene rings is 2. The fraction of sp³-hybridized carbons (Fsp3) is 0. The Balaban J connectivity index is 2.42. The van der Waals surface area contributed by atoms with Crippen molar-refractivity contribution in [3.05, 3.63) is 59.4 Å². The first kappa shape index (κ1) is 11.2. The van der Waals surface area contributed by atoms with Gasteiger partial charge in [0.15, 0.2) is 6.29 Å². The predicted molar refractivity (Wildman–Crippen MR) is 62.6 cm³/mol. The van der Waals surface area contributed by atoms with Gasteiger partial charge in [0.2, 0.25) is 0 Å². The lowest BCUT2D eigenvalue weighted by Crippen LogP contribution is -1.88. The second-order valence-electron chi connectivity index (χ2n) is 3.59. The fourth-order valence-electron chi connectivity index (χ4n) is 1.56. The zero-order valence-electron chi connectivity index (χ0n) is 8.89. The third-order valence-corrected chi connectivity index (χ3v) is 2.51. The highest BCUT2D eigenvalue weighted by molar-refractivity contribution is 5.79. The van der Waals surface area contributed by atoms with Crippen LogP contribution in [0.3, 0.4) is 0 Å². The van der Waals surface area contributed by atoms with Crippen molar-refractivity contribution in [1.29, 1.82) is 0 Å². The Morgan fingerprint density at radius 2 is 1.47 bits per heavy atom. The Kier molecular flexibility index (Phi) is 3.10. The molecule has 17 heavy (non-hydrogen) atoms. The van der Waals surface area contributed by atoms with E-state index in [1.54, 1.807) is 30.3 Å². The average Bonchev–Trinajstić information content (AvgIpc) is 2.39. The van der Waals surface area contributed by atoms with Crippen molar-refractivity contribution in [3.8, 4) is 11.1 Å². The van der Waals surface area contributed by atoms with Crippen LogP contribution in [0, 0.1) is 5.82 Å². The van der Waals surface area contributed by atoms with Gasteiger partial charge in [-0.05, 0) is 23.3 Å². The van der Waals surface area contributed by atoms with Crippen LogP contribution in [0.25, 0.3) is 11.1 Å². The summed E-state index contributed by atoms with van der Waals surface area (Å²) in [5, 5.41) is 0. The first-order valence-corrected chi connectivity index (χ1v) is 5.05. The third kappa shape index (κ3) is 2.28. The smallest absolute Gasteiger partial charge is 0.152 e. The largest absolute Gasteiger partial charge is 0.298 e. The molecule has 0 aromatic heterocycles. The van der Waals surface area contributed by atoms with Gasteiger partial charge in [-0.1, -0.05) is 30.3 Å². The first-order chi connectivity index (χ1) is 8.24. The molecule has 3 heteroatoms. The lowest BCUT2D eigenvalue weighted by molar-refractivity contribution is 0.111. The molecule has 2 aromatic carbocycles. The van der Waals surface area contributed by atoms with Crippen LogP contribution in [0.4, 0.5) is 4.39 Å².